The lowest BCUT2D eigenvalue weighted by molar-refractivity contribution is -0.139. The highest BCUT2D eigenvalue weighted by molar-refractivity contribution is 5.68. The van der Waals surface area contributed by atoms with Crippen molar-refractivity contribution in [2.24, 2.45) is 17.8 Å². The van der Waals surface area contributed by atoms with Crippen LogP contribution in [0.3, 0.4) is 0 Å². The highest BCUT2D eigenvalue weighted by Gasteiger charge is 2.44. The summed E-state index contributed by atoms with van der Waals surface area (Å²) in [7, 11) is 0. The number of fused-ring (bicyclic) bond motifs is 2. The molecule has 156 valence electrons. The van der Waals surface area contributed by atoms with E-state index in [1.54, 1.807) is 0 Å². The van der Waals surface area contributed by atoms with Gasteiger partial charge in [0.15, 0.2) is 6.61 Å². The number of carboxylic acids is 1. The number of aliphatic carboxylic acids is 1. The van der Waals surface area contributed by atoms with E-state index in [4.69, 9.17) is 9.84 Å². The van der Waals surface area contributed by atoms with Crippen molar-refractivity contribution in [1.29, 1.82) is 0 Å². The van der Waals surface area contributed by atoms with Gasteiger partial charge in [0.1, 0.15) is 5.75 Å². The Bertz CT molecular complexity index is 658. The smallest absolute Gasteiger partial charge is 0.341 e. The third-order valence-electron chi connectivity index (χ3n) is 6.67. The Morgan fingerprint density at radius 3 is 2.82 bits per heavy atom. The van der Waals surface area contributed by atoms with Crippen molar-refractivity contribution in [1.82, 2.24) is 0 Å². The van der Waals surface area contributed by atoms with Gasteiger partial charge in [0, 0.05) is 0 Å². The first kappa shape index (κ1) is 21.1. The minimum absolute atomic E-state index is 0.238. The summed E-state index contributed by atoms with van der Waals surface area (Å²) < 4.78 is 5.50. The molecule has 2 aliphatic rings. The van der Waals surface area contributed by atoms with E-state index in [0.29, 0.717) is 17.6 Å². The molecule has 5 heteroatoms. The van der Waals surface area contributed by atoms with Crippen LogP contribution in [0.2, 0.25) is 0 Å². The standard InChI is InChI=1S/C23H34O5/c1-2-3-4-7-17(24)9-10-18-19-11-15-6-5-8-22(28-14-23(26)27)20(15)12-16(19)13-21(18)25/h5-6,8,16-19,21,24-25H,2-4,7,9-14H2,1H3,(H,26,27)/t16-,17+,18+,19-,21+/m1/s1. The van der Waals surface area contributed by atoms with Crippen molar-refractivity contribution in [3.8, 4) is 5.75 Å². The lowest BCUT2D eigenvalue weighted by Gasteiger charge is -2.32. The average molecular weight is 391 g/mol. The molecular weight excluding hydrogens is 356 g/mol. The monoisotopic (exact) mass is 390 g/mol. The Morgan fingerprint density at radius 2 is 2.07 bits per heavy atom. The fourth-order valence-electron chi connectivity index (χ4n) is 5.24. The Morgan fingerprint density at radius 1 is 1.25 bits per heavy atom. The van der Waals surface area contributed by atoms with E-state index < -0.39 is 5.97 Å². The lowest BCUT2D eigenvalue weighted by Crippen LogP contribution is -2.28. The summed E-state index contributed by atoms with van der Waals surface area (Å²) in [6.07, 6.45) is 7.85. The van der Waals surface area contributed by atoms with Gasteiger partial charge in [-0.1, -0.05) is 38.3 Å². The minimum atomic E-state index is -0.972. The fourth-order valence-corrected chi connectivity index (χ4v) is 5.24. The third-order valence-corrected chi connectivity index (χ3v) is 6.67. The molecule has 28 heavy (non-hydrogen) atoms. The van der Waals surface area contributed by atoms with Gasteiger partial charge in [-0.15, -0.1) is 0 Å². The molecule has 5 atom stereocenters. The normalized spacial score (nSPS) is 27.1. The van der Waals surface area contributed by atoms with Crippen molar-refractivity contribution in [3.63, 3.8) is 0 Å². The number of ether oxygens (including phenoxy) is 1. The number of hydrogen-bond acceptors (Lipinski definition) is 4. The molecule has 0 aliphatic heterocycles. The summed E-state index contributed by atoms with van der Waals surface area (Å²) in [5.74, 6) is 0.768. The molecule has 0 heterocycles. The molecular formula is C23H34O5. The maximum atomic E-state index is 10.8. The van der Waals surface area contributed by atoms with Crippen LogP contribution in [-0.4, -0.2) is 40.1 Å². The first-order chi connectivity index (χ1) is 13.5. The quantitative estimate of drug-likeness (QED) is 0.532. The van der Waals surface area contributed by atoms with Gasteiger partial charge in [-0.05, 0) is 73.5 Å². The molecule has 1 aromatic carbocycles. The van der Waals surface area contributed by atoms with Gasteiger partial charge < -0.3 is 20.1 Å². The highest BCUT2D eigenvalue weighted by atomic mass is 16.5. The molecule has 2 aliphatic carbocycles. The second-order valence-electron chi connectivity index (χ2n) is 8.60. The van der Waals surface area contributed by atoms with Gasteiger partial charge >= 0.3 is 5.97 Å². The number of rotatable bonds is 10. The summed E-state index contributed by atoms with van der Waals surface area (Å²) in [6.45, 7) is 1.84. The van der Waals surface area contributed by atoms with Crippen LogP contribution in [0.25, 0.3) is 0 Å². The number of benzene rings is 1. The molecule has 1 saturated carbocycles. The number of unbranched alkanes of at least 4 members (excludes halogenated alkanes) is 2. The maximum absolute atomic E-state index is 10.8. The second kappa shape index (κ2) is 9.75. The van der Waals surface area contributed by atoms with Gasteiger partial charge in [-0.3, -0.25) is 0 Å². The molecule has 0 aromatic heterocycles. The van der Waals surface area contributed by atoms with Crippen LogP contribution in [0.5, 0.6) is 5.75 Å². The lowest BCUT2D eigenvalue weighted by atomic mass is 9.73. The van der Waals surface area contributed by atoms with Crippen LogP contribution in [0.15, 0.2) is 18.2 Å². The third kappa shape index (κ3) is 5.06. The molecule has 3 rings (SSSR count). The summed E-state index contributed by atoms with van der Waals surface area (Å²) in [4.78, 5) is 10.8. The van der Waals surface area contributed by atoms with Crippen molar-refractivity contribution in [2.45, 2.75) is 76.9 Å². The van der Waals surface area contributed by atoms with Crippen LogP contribution >= 0.6 is 0 Å². The van der Waals surface area contributed by atoms with Crippen LogP contribution in [0.4, 0.5) is 0 Å². The largest absolute Gasteiger partial charge is 0.482 e. The fraction of sp³-hybridized carbons (Fsp3) is 0.696. The minimum Gasteiger partial charge on any atom is -0.482 e. The zero-order chi connectivity index (χ0) is 20.1. The van der Waals surface area contributed by atoms with Gasteiger partial charge in [-0.2, -0.15) is 0 Å². The molecule has 1 fully saturated rings. The Labute approximate surface area is 167 Å². The molecule has 0 amide bonds. The van der Waals surface area contributed by atoms with E-state index in [9.17, 15) is 15.0 Å². The zero-order valence-electron chi connectivity index (χ0n) is 16.8. The molecule has 1 aromatic rings. The zero-order valence-corrected chi connectivity index (χ0v) is 16.8. The van der Waals surface area contributed by atoms with Crippen LogP contribution in [0, 0.1) is 17.8 Å². The van der Waals surface area contributed by atoms with Crippen molar-refractivity contribution in [3.05, 3.63) is 29.3 Å². The van der Waals surface area contributed by atoms with E-state index in [-0.39, 0.29) is 24.7 Å². The van der Waals surface area contributed by atoms with Gasteiger partial charge in [0.2, 0.25) is 0 Å². The first-order valence-electron chi connectivity index (χ1n) is 10.8. The summed E-state index contributed by atoms with van der Waals surface area (Å²) >= 11 is 0. The molecule has 3 N–H and O–H groups in total. The molecule has 0 saturated heterocycles. The Balaban J connectivity index is 1.62. The molecule has 0 spiro atoms. The van der Waals surface area contributed by atoms with E-state index >= 15 is 0 Å². The topological polar surface area (TPSA) is 87.0 Å². The van der Waals surface area contributed by atoms with E-state index in [1.807, 2.05) is 12.1 Å². The number of hydrogen-bond donors (Lipinski definition) is 3. The van der Waals surface area contributed by atoms with Crippen molar-refractivity contribution < 1.29 is 24.9 Å². The highest BCUT2D eigenvalue weighted by Crippen LogP contribution is 2.48. The van der Waals surface area contributed by atoms with Crippen molar-refractivity contribution in [2.75, 3.05) is 6.61 Å². The van der Waals surface area contributed by atoms with E-state index in [0.717, 1.165) is 63.4 Å². The Hall–Kier alpha value is -1.59. The predicted molar refractivity (Wildman–Crippen MR) is 107 cm³/mol. The van der Waals surface area contributed by atoms with Gasteiger partial charge in [0.05, 0.1) is 12.2 Å². The summed E-state index contributed by atoms with van der Waals surface area (Å²) in [6, 6.07) is 5.87. The maximum Gasteiger partial charge on any atom is 0.341 e. The van der Waals surface area contributed by atoms with Gasteiger partial charge in [0.25, 0.3) is 0 Å². The number of aliphatic hydroxyl groups is 2. The van der Waals surface area contributed by atoms with E-state index in [2.05, 4.69) is 13.0 Å². The second-order valence-corrected chi connectivity index (χ2v) is 8.60. The molecule has 0 bridgehead atoms. The summed E-state index contributed by atoms with van der Waals surface area (Å²) in [5.41, 5.74) is 2.32. The predicted octanol–water partition coefficient (Wildman–Crippen LogP) is 3.58. The number of aliphatic hydroxyl groups excluding tert-OH is 2. The van der Waals surface area contributed by atoms with Crippen molar-refractivity contribution >= 4 is 5.97 Å². The van der Waals surface area contributed by atoms with Crippen LogP contribution < -0.4 is 4.74 Å². The van der Waals surface area contributed by atoms with Gasteiger partial charge in [-0.25, -0.2) is 4.79 Å². The molecule has 5 nitrogen and oxygen atoms in total. The van der Waals surface area contributed by atoms with Crippen LogP contribution in [-0.2, 0) is 17.6 Å². The number of carbonyl (C=O) groups is 1. The van der Waals surface area contributed by atoms with Crippen LogP contribution in [0.1, 0.15) is 63.0 Å². The number of carboxylic acid groups (broad SMARTS) is 1. The molecule has 0 unspecified atom stereocenters. The first-order valence-corrected chi connectivity index (χ1v) is 10.8. The molecule has 0 radical (unpaired) electrons. The average Bonchev–Trinajstić information content (AvgIpc) is 2.97. The van der Waals surface area contributed by atoms with E-state index in [1.165, 1.54) is 5.56 Å². The SMILES string of the molecule is CCCCC[C@H](O)CC[C@H]1[C@@H]2Cc3cccc(OCC(=O)O)c3C[C@@H]2C[C@@H]1O. The Kier molecular flexibility index (Phi) is 7.36. The summed E-state index contributed by atoms with van der Waals surface area (Å²) in [5, 5.41) is 29.8.